The number of morpholine rings is 1. The van der Waals surface area contributed by atoms with Gasteiger partial charge in [0.1, 0.15) is 4.88 Å². The smallest absolute Gasteiger partial charge is 0.347 e. The normalized spacial score (nSPS) is 15.6. The lowest BCUT2D eigenvalue weighted by Gasteiger charge is -2.26. The molecule has 1 aromatic carbocycles. The lowest BCUT2D eigenvalue weighted by Crippen LogP contribution is -2.40. The minimum absolute atomic E-state index is 0.0991. The summed E-state index contributed by atoms with van der Waals surface area (Å²) < 4.78 is 32.2. The van der Waals surface area contributed by atoms with Crippen molar-refractivity contribution in [1.29, 1.82) is 0 Å². The Kier molecular flexibility index (Phi) is 6.02. The highest BCUT2D eigenvalue weighted by molar-refractivity contribution is 7.89. The van der Waals surface area contributed by atoms with E-state index >= 15 is 0 Å². The highest BCUT2D eigenvalue weighted by Gasteiger charge is 2.27. The largest absolute Gasteiger partial charge is 0.477 e. The Morgan fingerprint density at radius 1 is 1.41 bits per heavy atom. The van der Waals surface area contributed by atoms with Gasteiger partial charge in [-0.15, -0.1) is 0 Å². The van der Waals surface area contributed by atoms with E-state index in [1.54, 1.807) is 0 Å². The fraction of sp³-hybridized carbons (Fsp3) is 0.375. The summed E-state index contributed by atoms with van der Waals surface area (Å²) in [6.07, 6.45) is 0.471. The first-order valence-electron chi connectivity index (χ1n) is 8.20. The molecule has 0 atom stereocenters. The monoisotopic (exact) mass is 431 g/mol. The maximum atomic E-state index is 12.8. The van der Waals surface area contributed by atoms with Gasteiger partial charge < -0.3 is 15.2 Å². The van der Waals surface area contributed by atoms with Crippen LogP contribution in [0, 0.1) is 0 Å². The minimum Gasteiger partial charge on any atom is -0.477 e. The van der Waals surface area contributed by atoms with Gasteiger partial charge in [0, 0.05) is 13.1 Å². The van der Waals surface area contributed by atoms with Crippen LogP contribution >= 0.6 is 22.9 Å². The van der Waals surface area contributed by atoms with Crippen molar-refractivity contribution in [2.45, 2.75) is 18.2 Å². The molecule has 1 aromatic heterocycles. The van der Waals surface area contributed by atoms with E-state index in [0.717, 1.165) is 11.3 Å². The second-order valence-corrected chi connectivity index (χ2v) is 9.08. The number of nitrogens with zero attached hydrogens (tertiary/aromatic N) is 2. The Bertz CT molecular complexity index is 955. The summed E-state index contributed by atoms with van der Waals surface area (Å²) >= 11 is 7.17. The number of benzene rings is 1. The maximum Gasteiger partial charge on any atom is 0.347 e. The van der Waals surface area contributed by atoms with Crippen LogP contribution in [0.15, 0.2) is 23.1 Å². The molecule has 27 heavy (non-hydrogen) atoms. The quantitative estimate of drug-likeness (QED) is 0.723. The first-order valence-corrected chi connectivity index (χ1v) is 10.8. The van der Waals surface area contributed by atoms with Crippen LogP contribution in [0.25, 0.3) is 0 Å². The summed E-state index contributed by atoms with van der Waals surface area (Å²) in [6, 6.07) is 4.37. The number of halogens is 1. The van der Waals surface area contributed by atoms with Gasteiger partial charge >= 0.3 is 5.97 Å². The molecule has 2 aromatic rings. The van der Waals surface area contributed by atoms with Crippen LogP contribution in [0.3, 0.4) is 0 Å². The molecule has 0 amide bonds. The average molecular weight is 432 g/mol. The number of aromatic carboxylic acids is 1. The van der Waals surface area contributed by atoms with Crippen molar-refractivity contribution < 1.29 is 23.1 Å². The van der Waals surface area contributed by atoms with Gasteiger partial charge in [-0.25, -0.2) is 18.2 Å². The van der Waals surface area contributed by atoms with Gasteiger partial charge in [0.05, 0.1) is 34.5 Å². The zero-order valence-corrected chi connectivity index (χ0v) is 16.8. The van der Waals surface area contributed by atoms with E-state index in [1.807, 2.05) is 6.92 Å². The lowest BCUT2D eigenvalue weighted by molar-refractivity contribution is 0.0700. The molecule has 2 N–H and O–H groups in total. The van der Waals surface area contributed by atoms with E-state index < -0.39 is 16.0 Å². The van der Waals surface area contributed by atoms with Crippen LogP contribution in [0.5, 0.6) is 0 Å². The number of aryl methyl sites for hydroxylation is 1. The molecule has 1 fully saturated rings. The molecule has 0 aliphatic carbocycles. The molecule has 0 saturated carbocycles. The standard InChI is InChI=1S/C16H18ClN3O5S2/c1-2-12-14(15(21)22)26-16(18-12)19-13-9-10(3-4-11(13)17)27(23,24)20-5-7-25-8-6-20/h3-4,9H,2,5-8H2,1H3,(H,18,19)(H,21,22). The fourth-order valence-electron chi connectivity index (χ4n) is 2.62. The van der Waals surface area contributed by atoms with E-state index in [1.165, 1.54) is 22.5 Å². The van der Waals surface area contributed by atoms with Gasteiger partial charge in [-0.3, -0.25) is 0 Å². The van der Waals surface area contributed by atoms with Crippen LogP contribution in [0.1, 0.15) is 22.3 Å². The molecule has 0 radical (unpaired) electrons. The van der Waals surface area contributed by atoms with E-state index in [-0.39, 0.29) is 9.77 Å². The van der Waals surface area contributed by atoms with Crippen LogP contribution < -0.4 is 5.32 Å². The molecule has 1 aliphatic rings. The Morgan fingerprint density at radius 3 is 2.70 bits per heavy atom. The molecule has 2 heterocycles. The highest BCUT2D eigenvalue weighted by Crippen LogP contribution is 2.32. The highest BCUT2D eigenvalue weighted by atomic mass is 35.5. The van der Waals surface area contributed by atoms with Gasteiger partial charge in [0.15, 0.2) is 5.13 Å². The Morgan fingerprint density at radius 2 is 2.11 bits per heavy atom. The number of hydrogen-bond donors (Lipinski definition) is 2. The summed E-state index contributed by atoms with van der Waals surface area (Å²) in [5.74, 6) is -1.05. The number of sulfonamides is 1. The van der Waals surface area contributed by atoms with Crippen LogP contribution in [-0.2, 0) is 21.2 Å². The van der Waals surface area contributed by atoms with Crippen molar-refractivity contribution >= 4 is 49.7 Å². The number of carboxylic acids is 1. The van der Waals surface area contributed by atoms with Crippen LogP contribution in [0.2, 0.25) is 5.02 Å². The number of rotatable bonds is 6. The van der Waals surface area contributed by atoms with E-state index in [0.29, 0.717) is 54.3 Å². The number of carboxylic acid groups (broad SMARTS) is 1. The van der Waals surface area contributed by atoms with Crippen LogP contribution in [-0.4, -0.2) is 55.1 Å². The molecule has 1 saturated heterocycles. The second kappa shape index (κ2) is 8.11. The molecule has 1 aliphatic heterocycles. The molecule has 0 bridgehead atoms. The SMILES string of the molecule is CCc1nc(Nc2cc(S(=O)(=O)N3CCOCC3)ccc2Cl)sc1C(=O)O. The molecule has 0 unspecified atom stereocenters. The first-order chi connectivity index (χ1) is 12.8. The van der Waals surface area contributed by atoms with Crippen molar-refractivity contribution in [2.75, 3.05) is 31.6 Å². The number of carbonyl (C=O) groups is 1. The van der Waals surface area contributed by atoms with Gasteiger partial charge in [0.2, 0.25) is 10.0 Å². The van der Waals surface area contributed by atoms with Crippen molar-refractivity contribution in [1.82, 2.24) is 9.29 Å². The van der Waals surface area contributed by atoms with Gasteiger partial charge in [-0.05, 0) is 24.6 Å². The Hall–Kier alpha value is -1.72. The molecular formula is C16H18ClN3O5S2. The molecule has 8 nitrogen and oxygen atoms in total. The number of aromatic nitrogens is 1. The van der Waals surface area contributed by atoms with Gasteiger partial charge in [-0.2, -0.15) is 4.31 Å². The Labute approximate surface area is 165 Å². The van der Waals surface area contributed by atoms with E-state index in [4.69, 9.17) is 16.3 Å². The van der Waals surface area contributed by atoms with E-state index in [2.05, 4.69) is 10.3 Å². The number of hydrogen-bond acceptors (Lipinski definition) is 7. The van der Waals surface area contributed by atoms with Gasteiger partial charge in [0.25, 0.3) is 0 Å². The lowest BCUT2D eigenvalue weighted by atomic mass is 10.3. The number of anilines is 2. The molecule has 0 spiro atoms. The van der Waals surface area contributed by atoms with Crippen molar-refractivity contribution in [3.8, 4) is 0 Å². The van der Waals surface area contributed by atoms with Crippen molar-refractivity contribution in [3.05, 3.63) is 33.8 Å². The fourth-order valence-corrected chi connectivity index (χ4v) is 5.13. The van der Waals surface area contributed by atoms with Crippen LogP contribution in [0.4, 0.5) is 10.8 Å². The predicted molar refractivity (Wildman–Crippen MR) is 103 cm³/mol. The maximum absolute atomic E-state index is 12.8. The van der Waals surface area contributed by atoms with Gasteiger partial charge in [-0.1, -0.05) is 29.9 Å². The zero-order valence-electron chi connectivity index (χ0n) is 14.4. The molecule has 3 rings (SSSR count). The van der Waals surface area contributed by atoms with Crippen molar-refractivity contribution in [3.63, 3.8) is 0 Å². The third-order valence-corrected chi connectivity index (χ3v) is 7.24. The van der Waals surface area contributed by atoms with Crippen molar-refractivity contribution in [2.24, 2.45) is 0 Å². The zero-order chi connectivity index (χ0) is 19.6. The summed E-state index contributed by atoms with van der Waals surface area (Å²) in [6.45, 7) is 3.11. The summed E-state index contributed by atoms with van der Waals surface area (Å²) in [5.41, 5.74) is 0.808. The topological polar surface area (TPSA) is 109 Å². The summed E-state index contributed by atoms with van der Waals surface area (Å²) in [4.78, 5) is 15.8. The predicted octanol–water partition coefficient (Wildman–Crippen LogP) is 2.82. The number of thiazole rings is 1. The summed E-state index contributed by atoms with van der Waals surface area (Å²) in [7, 11) is -3.67. The molecule has 11 heteroatoms. The number of nitrogens with one attached hydrogen (secondary N) is 1. The van der Waals surface area contributed by atoms with E-state index in [9.17, 15) is 18.3 Å². The molecular weight excluding hydrogens is 414 g/mol. The second-order valence-electron chi connectivity index (χ2n) is 5.74. The Balaban J connectivity index is 1.91. The third kappa shape index (κ3) is 4.25. The summed E-state index contributed by atoms with van der Waals surface area (Å²) in [5, 5.41) is 12.8. The number of ether oxygens (including phenoxy) is 1. The first kappa shape index (κ1) is 20.0. The minimum atomic E-state index is -3.67. The average Bonchev–Trinajstić information content (AvgIpc) is 3.07. The molecule has 146 valence electrons. The third-order valence-electron chi connectivity index (χ3n) is 4.01.